The van der Waals surface area contributed by atoms with E-state index in [-0.39, 0.29) is 53.6 Å². The van der Waals surface area contributed by atoms with Gasteiger partial charge in [0.15, 0.2) is 17.1 Å². The molecule has 0 amide bonds. The highest BCUT2D eigenvalue weighted by Crippen LogP contribution is 2.64. The number of unbranched alkanes of at least 4 members (excludes halogenated alkanes) is 4. The van der Waals surface area contributed by atoms with E-state index in [1.54, 1.807) is 6.26 Å². The van der Waals surface area contributed by atoms with Crippen molar-refractivity contribution >= 4 is 70.9 Å². The van der Waals surface area contributed by atoms with Gasteiger partial charge in [0.1, 0.15) is 17.7 Å². The molecule has 0 saturated carbocycles. The van der Waals surface area contributed by atoms with E-state index in [1.165, 1.54) is 17.2 Å². The van der Waals surface area contributed by atoms with Crippen molar-refractivity contribution in [1.82, 2.24) is 0 Å². The number of thioether (sulfide) groups is 4. The number of rotatable bonds is 29. The largest absolute Gasteiger partial charge is 0.461 e. The van der Waals surface area contributed by atoms with Crippen LogP contribution in [0.1, 0.15) is 158 Å². The smallest absolute Gasteiger partial charge is 0.350 e. The highest BCUT2D eigenvalue weighted by Gasteiger charge is 2.38. The molecule has 0 N–H and O–H groups in total. The first kappa shape index (κ1) is 54.1. The molecule has 1 aliphatic rings. The maximum absolute atomic E-state index is 14.1. The molecule has 0 bridgehead atoms. The van der Waals surface area contributed by atoms with Crippen LogP contribution in [0.5, 0.6) is 11.5 Å². The topological polar surface area (TPSA) is 153 Å². The fourth-order valence-corrected chi connectivity index (χ4v) is 11.1. The Hall–Kier alpha value is -3.04. The summed E-state index contributed by atoms with van der Waals surface area (Å²) >= 11 is 4.44. The van der Waals surface area contributed by atoms with Gasteiger partial charge in [-0.1, -0.05) is 155 Å². The van der Waals surface area contributed by atoms with E-state index in [1.807, 2.05) is 33.8 Å². The Morgan fingerprint density at radius 2 is 1.07 bits per heavy atom. The van der Waals surface area contributed by atoms with Gasteiger partial charge in [0.25, 0.3) is 0 Å². The Balaban J connectivity index is 2.90. The van der Waals surface area contributed by atoms with Crippen molar-refractivity contribution in [3.63, 3.8) is 0 Å². The zero-order valence-electron chi connectivity index (χ0n) is 37.9. The van der Waals surface area contributed by atoms with E-state index in [0.717, 1.165) is 112 Å². The summed E-state index contributed by atoms with van der Waals surface area (Å²) in [5, 5.41) is 22.0. The highest BCUT2D eigenvalue weighted by atomic mass is 32.2. The normalized spacial score (nSPS) is 15.1. The monoisotopic (exact) mass is 916 g/mol. The minimum atomic E-state index is -0.762. The van der Waals surface area contributed by atoms with Crippen molar-refractivity contribution in [2.45, 2.75) is 178 Å². The van der Waals surface area contributed by atoms with E-state index in [4.69, 9.17) is 18.9 Å². The van der Waals surface area contributed by atoms with Crippen LogP contribution in [0.15, 0.2) is 40.4 Å². The molecule has 0 aromatic heterocycles. The second-order valence-corrected chi connectivity index (χ2v) is 19.3. The fourth-order valence-electron chi connectivity index (χ4n) is 6.58. The minimum Gasteiger partial charge on any atom is -0.461 e. The summed E-state index contributed by atoms with van der Waals surface area (Å²) < 4.78 is 24.4. The molecule has 1 aromatic carbocycles. The first-order chi connectivity index (χ1) is 29.5. The van der Waals surface area contributed by atoms with E-state index in [0.29, 0.717) is 49.5 Å². The van der Waals surface area contributed by atoms with E-state index >= 15 is 0 Å². The Labute approximate surface area is 382 Å². The van der Waals surface area contributed by atoms with Gasteiger partial charge >= 0.3 is 23.9 Å². The molecule has 0 radical (unpaired) electrons. The van der Waals surface area contributed by atoms with Crippen LogP contribution in [-0.2, 0) is 28.7 Å². The maximum Gasteiger partial charge on any atom is 0.350 e. The first-order valence-electron chi connectivity index (χ1n) is 22.3. The zero-order chi connectivity index (χ0) is 45.3. The van der Waals surface area contributed by atoms with Gasteiger partial charge in [0.2, 0.25) is 0 Å². The van der Waals surface area contributed by atoms with Gasteiger partial charge in [-0.05, 0) is 56.6 Å². The zero-order valence-corrected chi connectivity index (χ0v) is 41.2. The van der Waals surface area contributed by atoms with E-state index in [2.05, 4.69) is 33.8 Å². The van der Waals surface area contributed by atoms with Crippen molar-refractivity contribution < 1.29 is 38.1 Å². The Morgan fingerprint density at radius 3 is 1.46 bits per heavy atom. The molecule has 1 aromatic rings. The summed E-state index contributed by atoms with van der Waals surface area (Å²) in [4.78, 5) is 56.6. The van der Waals surface area contributed by atoms with Crippen molar-refractivity contribution in [1.29, 1.82) is 10.5 Å². The number of benzene rings is 1. The lowest BCUT2D eigenvalue weighted by Crippen LogP contribution is -2.22. The third-order valence-corrected chi connectivity index (χ3v) is 15.3. The SMILES string of the molecule is CCCCC(CC)COC(=O)/C(C#N)=C\Sc1c(OC(=O)C(CC)CCCC)c2c(c(OC(=O)C(CC)CCCC)c1SC)S/C(=C(/C#N)C(=O)OCC(CC)CCCC)S2. The number of hydrogen-bond donors (Lipinski definition) is 0. The summed E-state index contributed by atoms with van der Waals surface area (Å²) in [5.74, 6) is -2.53. The Bertz CT molecular complexity index is 1770. The Kier molecular flexibility index (Phi) is 26.7. The number of hydrogen-bond acceptors (Lipinski definition) is 14. The molecule has 0 saturated heterocycles. The number of carbonyl (C=O) groups is 4. The predicted octanol–water partition coefficient (Wildman–Crippen LogP) is 13.6. The number of ether oxygens (including phenoxy) is 4. The summed E-state index contributed by atoms with van der Waals surface area (Å²) in [6, 6.07) is 4.05. The molecular formula is C47H68N2O8S4. The molecule has 2 rings (SSSR count). The second kappa shape index (κ2) is 30.1. The van der Waals surface area contributed by atoms with Crippen LogP contribution in [0, 0.1) is 46.3 Å². The standard InChI is InChI=1S/C47H68N2O8S4/c1-10-18-22-31(14-5)28-54-43(50)35(26-48)30-59-40-38(57-45(52)34(17-8)25-21-13-4)42-41(37(39(40)58-9)56-44(51)33(16-7)24-20-12-3)60-47(61-42)36(27-49)46(53)55-29-32(15-6)23-19-11-2/h30-34H,10-25,28-29H2,1-9H3/b35-30-,47-36+. The molecule has 0 aliphatic carbocycles. The van der Waals surface area contributed by atoms with E-state index < -0.39 is 29.8 Å². The van der Waals surface area contributed by atoms with Gasteiger partial charge in [-0.15, -0.1) is 11.8 Å². The first-order valence-corrected chi connectivity index (χ1v) is 26.0. The molecular weight excluding hydrogens is 849 g/mol. The third-order valence-electron chi connectivity index (χ3n) is 10.8. The lowest BCUT2D eigenvalue weighted by atomic mass is 10.00. The minimum absolute atomic E-state index is 0.137. The van der Waals surface area contributed by atoms with Crippen molar-refractivity contribution in [2.24, 2.45) is 23.7 Å². The molecule has 1 aliphatic heterocycles. The summed E-state index contributed by atoms with van der Waals surface area (Å²) in [6.45, 7) is 16.7. The van der Waals surface area contributed by atoms with Crippen molar-refractivity contribution in [3.8, 4) is 23.6 Å². The predicted molar refractivity (Wildman–Crippen MR) is 249 cm³/mol. The average Bonchev–Trinajstić information content (AvgIpc) is 3.70. The van der Waals surface area contributed by atoms with Crippen LogP contribution in [-0.4, -0.2) is 43.3 Å². The molecule has 1 heterocycles. The lowest BCUT2D eigenvalue weighted by Gasteiger charge is -2.22. The number of nitriles is 2. The second-order valence-electron chi connectivity index (χ2n) is 15.3. The van der Waals surface area contributed by atoms with Crippen molar-refractivity contribution in [2.75, 3.05) is 19.5 Å². The number of fused-ring (bicyclic) bond motifs is 1. The Morgan fingerprint density at radius 1 is 0.623 bits per heavy atom. The fraction of sp³-hybridized carbons (Fsp3) is 0.660. The maximum atomic E-state index is 14.1. The lowest BCUT2D eigenvalue weighted by molar-refractivity contribution is -0.141. The van der Waals surface area contributed by atoms with Gasteiger partial charge in [-0.25, -0.2) is 9.59 Å². The molecule has 0 spiro atoms. The van der Waals surface area contributed by atoms with Crippen molar-refractivity contribution in [3.05, 3.63) is 20.8 Å². The number of nitrogens with zero attached hydrogens (tertiary/aromatic N) is 2. The summed E-state index contributed by atoms with van der Waals surface area (Å²) in [6.07, 6.45) is 15.2. The van der Waals surface area contributed by atoms with Crippen LogP contribution in [0.25, 0.3) is 0 Å². The average molecular weight is 917 g/mol. The van der Waals surface area contributed by atoms with Gasteiger partial charge in [-0.3, -0.25) is 9.59 Å². The molecule has 0 fully saturated rings. The summed E-state index contributed by atoms with van der Waals surface area (Å²) in [5.41, 5.74) is -0.436. The van der Waals surface area contributed by atoms with Crippen LogP contribution >= 0.6 is 47.0 Å². The van der Waals surface area contributed by atoms with Gasteiger partial charge in [-0.2, -0.15) is 10.5 Å². The van der Waals surface area contributed by atoms with Gasteiger partial charge < -0.3 is 18.9 Å². The summed E-state index contributed by atoms with van der Waals surface area (Å²) in [7, 11) is 0. The number of carbonyl (C=O) groups excluding carboxylic acids is 4. The highest BCUT2D eigenvalue weighted by molar-refractivity contribution is 8.25. The third kappa shape index (κ3) is 16.6. The molecule has 61 heavy (non-hydrogen) atoms. The van der Waals surface area contributed by atoms with Crippen LogP contribution in [0.3, 0.4) is 0 Å². The molecule has 10 nitrogen and oxygen atoms in total. The molecule has 4 unspecified atom stereocenters. The van der Waals surface area contributed by atoms with Crippen LogP contribution < -0.4 is 9.47 Å². The molecule has 4 atom stereocenters. The van der Waals surface area contributed by atoms with Gasteiger partial charge in [0.05, 0.1) is 48.9 Å². The molecule has 338 valence electrons. The quantitative estimate of drug-likeness (QED) is 0.0246. The van der Waals surface area contributed by atoms with Crippen LogP contribution in [0.2, 0.25) is 0 Å². The van der Waals surface area contributed by atoms with E-state index in [9.17, 15) is 29.7 Å². The van der Waals surface area contributed by atoms with Gasteiger partial charge in [0, 0.05) is 5.41 Å². The molecule has 14 heteroatoms. The van der Waals surface area contributed by atoms with Crippen LogP contribution in [0.4, 0.5) is 0 Å². The number of esters is 4.